The molecule has 3 fully saturated rings. The second-order valence-corrected chi connectivity index (χ2v) is 13.4. The van der Waals surface area contributed by atoms with Crippen molar-refractivity contribution < 1.29 is 9.47 Å². The second-order valence-electron chi connectivity index (χ2n) is 13.4. The SMILES string of the molecule is CC(OC1CCCCC1)(OC1CCCCC1)c1nc(Cc2ccc(-c3ccccc3-c3nn[nH]n3)cc2)n(C2CCCCC2)n1. The molecule has 0 radical (unpaired) electrons. The first-order valence-corrected chi connectivity index (χ1v) is 17.4. The Bertz CT molecular complexity index is 1480. The molecule has 2 aromatic carbocycles. The van der Waals surface area contributed by atoms with E-state index in [1.165, 1.54) is 63.4 Å². The molecule has 0 spiro atoms. The smallest absolute Gasteiger partial charge is 0.229 e. The number of hydrogen-bond acceptors (Lipinski definition) is 7. The van der Waals surface area contributed by atoms with Crippen LogP contribution in [0.15, 0.2) is 48.5 Å². The van der Waals surface area contributed by atoms with Gasteiger partial charge in [0.05, 0.1) is 18.2 Å². The van der Waals surface area contributed by atoms with E-state index in [1.54, 1.807) is 0 Å². The number of aromatic amines is 1. The van der Waals surface area contributed by atoms with Gasteiger partial charge < -0.3 is 9.47 Å². The van der Waals surface area contributed by atoms with E-state index in [-0.39, 0.29) is 12.2 Å². The molecule has 0 unspecified atom stereocenters. The van der Waals surface area contributed by atoms with Crippen molar-refractivity contribution in [2.24, 2.45) is 0 Å². The number of nitrogens with zero attached hydrogens (tertiary/aromatic N) is 6. The third-order valence-corrected chi connectivity index (χ3v) is 10.1. The first kappa shape index (κ1) is 30.2. The van der Waals surface area contributed by atoms with Gasteiger partial charge in [0, 0.05) is 12.0 Å². The summed E-state index contributed by atoms with van der Waals surface area (Å²) < 4.78 is 16.0. The summed E-state index contributed by atoms with van der Waals surface area (Å²) in [5.74, 6) is 1.35. The van der Waals surface area contributed by atoms with Gasteiger partial charge in [-0.1, -0.05) is 106 Å². The van der Waals surface area contributed by atoms with Crippen LogP contribution in [0.4, 0.5) is 0 Å². The summed E-state index contributed by atoms with van der Waals surface area (Å²) in [5.41, 5.74) is 4.35. The van der Waals surface area contributed by atoms with E-state index >= 15 is 0 Å². The van der Waals surface area contributed by atoms with Gasteiger partial charge in [0.25, 0.3) is 0 Å². The number of ether oxygens (including phenoxy) is 2. The number of nitrogens with one attached hydrogen (secondary N) is 1. The lowest BCUT2D eigenvalue weighted by molar-refractivity contribution is -0.288. The number of H-pyrrole nitrogens is 1. The van der Waals surface area contributed by atoms with E-state index in [4.69, 9.17) is 19.6 Å². The second kappa shape index (κ2) is 13.9. The van der Waals surface area contributed by atoms with Crippen LogP contribution in [0.25, 0.3) is 22.5 Å². The van der Waals surface area contributed by atoms with Crippen molar-refractivity contribution in [3.63, 3.8) is 0 Å². The van der Waals surface area contributed by atoms with Gasteiger partial charge in [-0.15, -0.1) is 15.3 Å². The van der Waals surface area contributed by atoms with Crippen molar-refractivity contribution >= 4 is 0 Å². The molecule has 0 amide bonds. The zero-order chi connectivity index (χ0) is 30.5. The predicted octanol–water partition coefficient (Wildman–Crippen LogP) is 8.09. The molecule has 9 heteroatoms. The minimum atomic E-state index is -0.943. The van der Waals surface area contributed by atoms with Gasteiger partial charge in [0.15, 0.2) is 0 Å². The lowest BCUT2D eigenvalue weighted by Gasteiger charge is -2.37. The Kier molecular flexibility index (Phi) is 9.35. The molecule has 3 saturated carbocycles. The predicted molar refractivity (Wildman–Crippen MR) is 173 cm³/mol. The number of rotatable bonds is 10. The quantitative estimate of drug-likeness (QED) is 0.181. The number of tetrazole rings is 1. The van der Waals surface area contributed by atoms with E-state index < -0.39 is 5.79 Å². The summed E-state index contributed by atoms with van der Waals surface area (Å²) in [4.78, 5) is 5.29. The van der Waals surface area contributed by atoms with E-state index in [2.05, 4.69) is 62.6 Å². The van der Waals surface area contributed by atoms with Crippen LogP contribution in [0, 0.1) is 0 Å². The Morgan fingerprint density at radius 3 is 1.96 bits per heavy atom. The van der Waals surface area contributed by atoms with Crippen molar-refractivity contribution in [2.45, 2.75) is 134 Å². The Labute approximate surface area is 266 Å². The topological polar surface area (TPSA) is 104 Å². The minimum Gasteiger partial charge on any atom is -0.340 e. The third-order valence-electron chi connectivity index (χ3n) is 10.1. The highest BCUT2D eigenvalue weighted by Gasteiger charge is 2.40. The fraction of sp³-hybridized carbons (Fsp3) is 0.583. The molecule has 0 saturated heterocycles. The maximum absolute atomic E-state index is 6.90. The molecule has 45 heavy (non-hydrogen) atoms. The number of benzene rings is 2. The average molecular weight is 610 g/mol. The standard InChI is InChI=1S/C36H47N7O2/c1-36(44-29-15-7-3-8-16-29,45-30-17-9-4-10-18-30)35-37-33(43(40-35)28-13-5-2-6-14-28)25-26-21-23-27(24-22-26)31-19-11-12-20-32(31)34-38-41-42-39-34/h11-12,19-24,28-30H,2-10,13-18,25H2,1H3,(H,38,39,41,42). The highest BCUT2D eigenvalue weighted by Crippen LogP contribution is 2.37. The number of aromatic nitrogens is 7. The van der Waals surface area contributed by atoms with Gasteiger partial charge in [-0.05, 0) is 67.4 Å². The lowest BCUT2D eigenvalue weighted by atomic mass is 9.95. The van der Waals surface area contributed by atoms with Crippen LogP contribution in [0.1, 0.15) is 126 Å². The Morgan fingerprint density at radius 2 is 1.36 bits per heavy atom. The summed E-state index contributed by atoms with van der Waals surface area (Å²) in [5, 5.41) is 20.0. The van der Waals surface area contributed by atoms with Gasteiger partial charge in [-0.25, -0.2) is 9.67 Å². The molecule has 2 aromatic heterocycles. The van der Waals surface area contributed by atoms with Gasteiger partial charge in [0.1, 0.15) is 5.82 Å². The largest absolute Gasteiger partial charge is 0.340 e. The maximum Gasteiger partial charge on any atom is 0.229 e. The molecule has 0 bridgehead atoms. The van der Waals surface area contributed by atoms with Crippen LogP contribution < -0.4 is 0 Å². The van der Waals surface area contributed by atoms with E-state index in [9.17, 15) is 0 Å². The summed E-state index contributed by atoms with van der Waals surface area (Å²) >= 11 is 0. The molecule has 9 nitrogen and oxygen atoms in total. The molecule has 238 valence electrons. The fourth-order valence-corrected chi connectivity index (χ4v) is 7.61. The summed E-state index contributed by atoms with van der Waals surface area (Å²) in [6.07, 6.45) is 19.0. The first-order valence-electron chi connectivity index (χ1n) is 17.4. The minimum absolute atomic E-state index is 0.195. The molecule has 0 aliphatic heterocycles. The Balaban J connectivity index is 1.19. The molecule has 4 aromatic rings. The van der Waals surface area contributed by atoms with Crippen LogP contribution in [-0.2, 0) is 21.7 Å². The van der Waals surface area contributed by atoms with Crippen molar-refractivity contribution in [2.75, 3.05) is 0 Å². The molecule has 3 aliphatic rings. The van der Waals surface area contributed by atoms with Crippen molar-refractivity contribution in [3.8, 4) is 22.5 Å². The summed E-state index contributed by atoms with van der Waals surface area (Å²) in [7, 11) is 0. The van der Waals surface area contributed by atoms with Crippen LogP contribution in [-0.4, -0.2) is 47.6 Å². The van der Waals surface area contributed by atoms with E-state index in [1.807, 2.05) is 18.2 Å². The highest BCUT2D eigenvalue weighted by atomic mass is 16.7. The zero-order valence-electron chi connectivity index (χ0n) is 26.7. The highest BCUT2D eigenvalue weighted by molar-refractivity contribution is 5.80. The normalized spacial score (nSPS) is 19.2. The lowest BCUT2D eigenvalue weighted by Crippen LogP contribution is -2.40. The summed E-state index contributed by atoms with van der Waals surface area (Å²) in [6, 6.07) is 17.3. The molecule has 3 aliphatic carbocycles. The van der Waals surface area contributed by atoms with Gasteiger partial charge in [-0.2, -0.15) is 5.21 Å². The Morgan fingerprint density at radius 1 is 0.756 bits per heavy atom. The molecule has 0 atom stereocenters. The van der Waals surface area contributed by atoms with Gasteiger partial charge >= 0.3 is 0 Å². The monoisotopic (exact) mass is 609 g/mol. The molecule has 1 N–H and O–H groups in total. The summed E-state index contributed by atoms with van der Waals surface area (Å²) in [6.45, 7) is 2.09. The van der Waals surface area contributed by atoms with Crippen molar-refractivity contribution in [1.82, 2.24) is 35.4 Å². The van der Waals surface area contributed by atoms with E-state index in [0.29, 0.717) is 24.1 Å². The van der Waals surface area contributed by atoms with Gasteiger partial charge in [0.2, 0.25) is 17.4 Å². The maximum atomic E-state index is 6.90. The molecular weight excluding hydrogens is 562 g/mol. The zero-order valence-corrected chi connectivity index (χ0v) is 26.7. The number of hydrogen-bond donors (Lipinski definition) is 1. The van der Waals surface area contributed by atoms with Crippen LogP contribution in [0.5, 0.6) is 0 Å². The van der Waals surface area contributed by atoms with Gasteiger partial charge in [-0.3, -0.25) is 0 Å². The van der Waals surface area contributed by atoms with Crippen LogP contribution in [0.3, 0.4) is 0 Å². The average Bonchev–Trinajstić information content (AvgIpc) is 3.78. The van der Waals surface area contributed by atoms with E-state index in [0.717, 1.165) is 61.0 Å². The molecule has 2 heterocycles. The fourth-order valence-electron chi connectivity index (χ4n) is 7.61. The Hall–Kier alpha value is -3.43. The molecular formula is C36H47N7O2. The van der Waals surface area contributed by atoms with Crippen molar-refractivity contribution in [1.29, 1.82) is 0 Å². The van der Waals surface area contributed by atoms with Crippen LogP contribution in [0.2, 0.25) is 0 Å². The van der Waals surface area contributed by atoms with Crippen LogP contribution >= 0.6 is 0 Å². The van der Waals surface area contributed by atoms with Crippen molar-refractivity contribution in [3.05, 3.63) is 65.7 Å². The molecule has 7 rings (SSSR count). The first-order chi connectivity index (χ1) is 22.1. The third kappa shape index (κ3) is 7.04.